The quantitative estimate of drug-likeness (QED) is 0.528. The fraction of sp³-hybridized carbons (Fsp3) is 1.00. The lowest BCUT2D eigenvalue weighted by Crippen LogP contribution is -2.28. The summed E-state index contributed by atoms with van der Waals surface area (Å²) in [5.41, 5.74) is -1.12. The fourth-order valence-corrected chi connectivity index (χ4v) is 0.186. The molecule has 0 fully saturated rings. The van der Waals surface area contributed by atoms with Gasteiger partial charge in [0.2, 0.25) is 0 Å². The summed E-state index contributed by atoms with van der Waals surface area (Å²) in [5.74, 6) is -0.373. The second-order valence-corrected chi connectivity index (χ2v) is 2.66. The van der Waals surface area contributed by atoms with Crippen LogP contribution in [-0.4, -0.2) is 12.3 Å². The number of hydrogen-bond acceptors (Lipinski definition) is 0. The molecule has 0 aromatic heterocycles. The third-order valence-electron chi connectivity index (χ3n) is 1.42. The van der Waals surface area contributed by atoms with E-state index in [1.54, 1.807) is 6.92 Å². The summed E-state index contributed by atoms with van der Waals surface area (Å²) in [6.07, 6.45) is 0. The minimum Gasteiger partial charge on any atom is -0.251 e. The van der Waals surface area contributed by atoms with Crippen LogP contribution in [0.15, 0.2) is 0 Å². The zero-order valence-electron chi connectivity index (χ0n) is 5.57. The van der Waals surface area contributed by atoms with Crippen LogP contribution in [0.1, 0.15) is 20.8 Å². The van der Waals surface area contributed by atoms with E-state index in [2.05, 4.69) is 0 Å². The van der Waals surface area contributed by atoms with E-state index in [0.717, 1.165) is 0 Å². The lowest BCUT2D eigenvalue weighted by Gasteiger charge is -2.19. The van der Waals surface area contributed by atoms with E-state index in [0.29, 0.717) is 0 Å². The molecule has 1 unspecified atom stereocenters. The van der Waals surface area contributed by atoms with Crippen molar-refractivity contribution in [3.8, 4) is 0 Å². The van der Waals surface area contributed by atoms with E-state index < -0.39 is 12.3 Å². The van der Waals surface area contributed by atoms with Gasteiger partial charge in [0.05, 0.1) is 6.67 Å². The molecule has 0 aliphatic rings. The summed E-state index contributed by atoms with van der Waals surface area (Å²) in [4.78, 5) is 0. The van der Waals surface area contributed by atoms with Crippen molar-refractivity contribution in [1.29, 1.82) is 0 Å². The van der Waals surface area contributed by atoms with Gasteiger partial charge in [-0.3, -0.25) is 4.39 Å². The zero-order chi connectivity index (χ0) is 6.78. The Hall–Kier alpha value is -0.110. The maximum atomic E-state index is 11.7. The van der Waals surface area contributed by atoms with Gasteiger partial charge in [-0.05, 0) is 13.8 Å². The Balaban J connectivity index is 3.62. The first-order chi connectivity index (χ1) is 3.48. The highest BCUT2D eigenvalue weighted by atomic mass is 19.1. The first-order valence-electron chi connectivity index (χ1n) is 2.75. The van der Waals surface area contributed by atoms with Crippen molar-refractivity contribution >= 4 is 0 Å². The number of alkyl halides is 1. The predicted molar refractivity (Wildman–Crippen MR) is 29.9 cm³/mol. The van der Waals surface area contributed by atoms with Crippen molar-refractivity contribution in [2.45, 2.75) is 26.4 Å². The fourth-order valence-electron chi connectivity index (χ4n) is 0.186. The molecule has 0 aliphatic carbocycles. The minimum atomic E-state index is -1.12. The Morgan fingerprint density at radius 1 is 1.62 bits per heavy atom. The normalized spacial score (nSPS) is 16.1. The minimum absolute atomic E-state index is 0.373. The van der Waals surface area contributed by atoms with E-state index >= 15 is 0 Å². The first-order valence-corrected chi connectivity index (χ1v) is 2.75. The Bertz CT molecular complexity index is 65.4. The average Bonchev–Trinajstić information content (AvgIpc) is 1.62. The van der Waals surface area contributed by atoms with Crippen molar-refractivity contribution in [3.05, 3.63) is 0 Å². The van der Waals surface area contributed by atoms with Crippen molar-refractivity contribution in [2.24, 2.45) is 5.92 Å². The van der Waals surface area contributed by atoms with Crippen LogP contribution < -0.4 is 0 Å². The molecule has 0 bridgehead atoms. The molecule has 0 spiro atoms. The summed E-state index contributed by atoms with van der Waals surface area (Å²) in [6, 6.07) is 0. The van der Waals surface area contributed by atoms with Crippen molar-refractivity contribution < 1.29 is 9.50 Å². The molecule has 0 amide bonds. The van der Waals surface area contributed by atoms with Crippen LogP contribution in [0.25, 0.3) is 0 Å². The highest BCUT2D eigenvalue weighted by molar-refractivity contribution is 4.71. The molecule has 2 heteroatoms. The lowest BCUT2D eigenvalue weighted by molar-refractivity contribution is -0.0474. The van der Waals surface area contributed by atoms with Crippen molar-refractivity contribution in [1.82, 2.24) is 0 Å². The van der Waals surface area contributed by atoms with Gasteiger partial charge < -0.3 is 0 Å². The topological polar surface area (TPSA) is 19.9 Å². The smallest absolute Gasteiger partial charge is 0.103 e. The van der Waals surface area contributed by atoms with Gasteiger partial charge in [0.1, 0.15) is 5.60 Å². The highest BCUT2D eigenvalue weighted by Crippen LogP contribution is 2.15. The molecule has 8 heavy (non-hydrogen) atoms. The van der Waals surface area contributed by atoms with E-state index in [1.807, 2.05) is 0 Å². The van der Waals surface area contributed by atoms with Gasteiger partial charge in [0, 0.05) is 5.92 Å². The molecular formula is C6H12FO. The number of halogens is 1. The van der Waals surface area contributed by atoms with Crippen LogP contribution in [-0.2, 0) is 5.11 Å². The van der Waals surface area contributed by atoms with Gasteiger partial charge in [0.15, 0.2) is 0 Å². The third kappa shape index (κ3) is 2.26. The summed E-state index contributed by atoms with van der Waals surface area (Å²) >= 11 is 0. The molecule has 0 heterocycles. The van der Waals surface area contributed by atoms with Crippen LogP contribution in [0, 0.1) is 5.92 Å². The second kappa shape index (κ2) is 2.44. The molecule has 0 saturated carbocycles. The molecular weight excluding hydrogens is 107 g/mol. The first kappa shape index (κ1) is 7.89. The van der Waals surface area contributed by atoms with Crippen LogP contribution in [0.4, 0.5) is 4.39 Å². The molecule has 0 aliphatic heterocycles. The van der Waals surface area contributed by atoms with Gasteiger partial charge in [0.25, 0.3) is 0 Å². The standard InChI is InChI=1S/C6H12FO/c1-5(4-7)6(2,3)8/h5H,4H2,1-3H3. The molecule has 0 aromatic rings. The second-order valence-electron chi connectivity index (χ2n) is 2.66. The Kier molecular flexibility index (Phi) is 2.41. The van der Waals surface area contributed by atoms with Gasteiger partial charge in [-0.25, -0.2) is 5.11 Å². The summed E-state index contributed by atoms with van der Waals surface area (Å²) in [6.45, 7) is 4.10. The largest absolute Gasteiger partial charge is 0.251 e. The van der Waals surface area contributed by atoms with E-state index in [-0.39, 0.29) is 5.92 Å². The molecule has 1 atom stereocenters. The summed E-state index contributed by atoms with van der Waals surface area (Å²) in [7, 11) is 0. The monoisotopic (exact) mass is 119 g/mol. The molecule has 1 radical (unpaired) electrons. The van der Waals surface area contributed by atoms with Crippen LogP contribution in [0.3, 0.4) is 0 Å². The summed E-state index contributed by atoms with van der Waals surface area (Å²) in [5, 5.41) is 10.8. The SMILES string of the molecule is CC(CF)C(C)(C)[O]. The number of rotatable bonds is 2. The molecule has 0 rings (SSSR count). The zero-order valence-corrected chi connectivity index (χ0v) is 5.57. The van der Waals surface area contributed by atoms with Gasteiger partial charge >= 0.3 is 0 Å². The van der Waals surface area contributed by atoms with Crippen molar-refractivity contribution in [2.75, 3.05) is 6.67 Å². The average molecular weight is 119 g/mol. The predicted octanol–water partition coefficient (Wildman–Crippen LogP) is 1.80. The van der Waals surface area contributed by atoms with E-state index in [1.165, 1.54) is 13.8 Å². The van der Waals surface area contributed by atoms with E-state index in [4.69, 9.17) is 0 Å². The van der Waals surface area contributed by atoms with E-state index in [9.17, 15) is 9.50 Å². The summed E-state index contributed by atoms with van der Waals surface area (Å²) < 4.78 is 11.7. The van der Waals surface area contributed by atoms with Crippen LogP contribution >= 0.6 is 0 Å². The highest BCUT2D eigenvalue weighted by Gasteiger charge is 2.23. The molecule has 0 N–H and O–H groups in total. The van der Waals surface area contributed by atoms with Gasteiger partial charge in [-0.1, -0.05) is 6.92 Å². The molecule has 0 aromatic carbocycles. The molecule has 49 valence electrons. The Labute approximate surface area is 49.5 Å². The Morgan fingerprint density at radius 3 is 2.00 bits per heavy atom. The maximum Gasteiger partial charge on any atom is 0.103 e. The van der Waals surface area contributed by atoms with Crippen LogP contribution in [0.2, 0.25) is 0 Å². The van der Waals surface area contributed by atoms with Gasteiger partial charge in [-0.2, -0.15) is 0 Å². The maximum absolute atomic E-state index is 11.7. The lowest BCUT2D eigenvalue weighted by atomic mass is 9.95. The number of hydrogen-bond donors (Lipinski definition) is 0. The molecule has 1 nitrogen and oxygen atoms in total. The van der Waals surface area contributed by atoms with Crippen LogP contribution in [0.5, 0.6) is 0 Å². The van der Waals surface area contributed by atoms with Gasteiger partial charge in [-0.15, -0.1) is 0 Å². The molecule has 0 saturated heterocycles. The van der Waals surface area contributed by atoms with Crippen molar-refractivity contribution in [3.63, 3.8) is 0 Å². The third-order valence-corrected chi connectivity index (χ3v) is 1.42. The Morgan fingerprint density at radius 2 is 2.00 bits per heavy atom.